The van der Waals surface area contributed by atoms with Crippen LogP contribution >= 0.6 is 0 Å². The van der Waals surface area contributed by atoms with Crippen LogP contribution in [0.15, 0.2) is 24.3 Å². The number of hydrogen-bond donors (Lipinski definition) is 1. The van der Waals surface area contributed by atoms with Gasteiger partial charge in [0.15, 0.2) is 0 Å². The van der Waals surface area contributed by atoms with Gasteiger partial charge >= 0.3 is 0 Å². The van der Waals surface area contributed by atoms with Crippen molar-refractivity contribution in [3.8, 4) is 0 Å². The second kappa shape index (κ2) is 6.67. The molecule has 2 rings (SSSR count). The van der Waals surface area contributed by atoms with Crippen molar-refractivity contribution in [2.45, 2.75) is 50.7 Å². The topological polar surface area (TPSA) is 29.1 Å². The molecule has 2 nitrogen and oxygen atoms in total. The number of benzene rings is 1. The lowest BCUT2D eigenvalue weighted by Crippen LogP contribution is -2.35. The fourth-order valence-electron chi connectivity index (χ4n) is 3.08. The Balaban J connectivity index is 2.00. The van der Waals surface area contributed by atoms with E-state index >= 15 is 0 Å². The van der Waals surface area contributed by atoms with Crippen LogP contribution in [0.5, 0.6) is 0 Å². The van der Waals surface area contributed by atoms with E-state index in [1.807, 2.05) is 12.1 Å². The summed E-state index contributed by atoms with van der Waals surface area (Å²) in [5.41, 5.74) is 2.49. The Morgan fingerprint density at radius 3 is 2.74 bits per heavy atom. The molecular weight excluding hydrogens is 254 g/mol. The normalized spacial score (nSPS) is 28.5. The third-order valence-electron chi connectivity index (χ3n) is 4.35. The van der Waals surface area contributed by atoms with E-state index in [4.69, 9.17) is 0 Å². The molecule has 1 aliphatic carbocycles. The lowest BCUT2D eigenvalue weighted by Gasteiger charge is -2.21. The van der Waals surface area contributed by atoms with Gasteiger partial charge in [0, 0.05) is 27.8 Å². The summed E-state index contributed by atoms with van der Waals surface area (Å²) < 4.78 is 12.6. The van der Waals surface area contributed by atoms with E-state index in [9.17, 15) is 4.21 Å². The maximum Gasteiger partial charge on any atom is 0.0491 e. The molecular formula is C16H25NOS. The number of nitrogens with one attached hydrogen (secondary N) is 1. The van der Waals surface area contributed by atoms with Crippen LogP contribution in [0, 0.1) is 12.8 Å². The van der Waals surface area contributed by atoms with Gasteiger partial charge in [-0.3, -0.25) is 4.21 Å². The van der Waals surface area contributed by atoms with Crippen molar-refractivity contribution in [3.05, 3.63) is 35.4 Å². The third kappa shape index (κ3) is 3.46. The number of aryl methyl sites for hydroxylation is 1. The summed E-state index contributed by atoms with van der Waals surface area (Å²) in [6, 6.07) is 8.84. The largest absolute Gasteiger partial charge is 0.314 e. The molecule has 1 saturated carbocycles. The molecule has 0 aromatic heterocycles. The molecule has 106 valence electrons. The molecule has 0 aliphatic heterocycles. The highest BCUT2D eigenvalue weighted by Crippen LogP contribution is 2.31. The Morgan fingerprint density at radius 1 is 1.32 bits per heavy atom. The molecule has 0 radical (unpaired) electrons. The molecule has 1 aromatic carbocycles. The molecule has 4 atom stereocenters. The van der Waals surface area contributed by atoms with Gasteiger partial charge in [-0.25, -0.2) is 0 Å². The van der Waals surface area contributed by atoms with Gasteiger partial charge in [-0.15, -0.1) is 0 Å². The van der Waals surface area contributed by atoms with E-state index in [-0.39, 0.29) is 0 Å². The zero-order valence-electron chi connectivity index (χ0n) is 12.2. The summed E-state index contributed by atoms with van der Waals surface area (Å²) in [7, 11) is -0.751. The molecule has 0 bridgehead atoms. The first-order chi connectivity index (χ1) is 9.13. The van der Waals surface area contributed by atoms with E-state index in [2.05, 4.69) is 38.2 Å². The molecule has 0 heterocycles. The van der Waals surface area contributed by atoms with Crippen LogP contribution in [0.25, 0.3) is 0 Å². The molecule has 0 spiro atoms. The number of hydrogen-bond acceptors (Lipinski definition) is 2. The van der Waals surface area contributed by atoms with Crippen molar-refractivity contribution in [1.29, 1.82) is 0 Å². The van der Waals surface area contributed by atoms with Crippen LogP contribution in [0.1, 0.15) is 37.8 Å². The van der Waals surface area contributed by atoms with Gasteiger partial charge in [-0.1, -0.05) is 38.1 Å². The maximum atomic E-state index is 12.6. The van der Waals surface area contributed by atoms with E-state index < -0.39 is 10.8 Å². The Labute approximate surface area is 119 Å². The fraction of sp³-hybridized carbons (Fsp3) is 0.625. The number of rotatable bonds is 5. The minimum atomic E-state index is -0.751. The molecule has 3 heteroatoms. The van der Waals surface area contributed by atoms with E-state index in [0.29, 0.717) is 23.0 Å². The highest BCUT2D eigenvalue weighted by atomic mass is 32.2. The van der Waals surface area contributed by atoms with Crippen LogP contribution in [0.4, 0.5) is 0 Å². The molecule has 0 saturated heterocycles. The van der Waals surface area contributed by atoms with Crippen LogP contribution in [-0.4, -0.2) is 22.0 Å². The van der Waals surface area contributed by atoms with Gasteiger partial charge in [0.1, 0.15) is 0 Å². The first-order valence-electron chi connectivity index (χ1n) is 7.28. The highest BCUT2D eigenvalue weighted by molar-refractivity contribution is 7.84. The van der Waals surface area contributed by atoms with Gasteiger partial charge in [-0.05, 0) is 43.4 Å². The second-order valence-corrected chi connectivity index (χ2v) is 7.25. The molecule has 1 aliphatic rings. The van der Waals surface area contributed by atoms with Crippen LogP contribution in [-0.2, 0) is 16.6 Å². The molecule has 1 aromatic rings. The average molecular weight is 279 g/mol. The summed E-state index contributed by atoms with van der Waals surface area (Å²) in [5, 5.41) is 3.87. The first kappa shape index (κ1) is 14.7. The van der Waals surface area contributed by atoms with Crippen molar-refractivity contribution in [3.63, 3.8) is 0 Å². The highest BCUT2D eigenvalue weighted by Gasteiger charge is 2.35. The summed E-state index contributed by atoms with van der Waals surface area (Å²) in [6.45, 7) is 7.50. The van der Waals surface area contributed by atoms with Gasteiger partial charge in [0.2, 0.25) is 0 Å². The minimum absolute atomic E-state index is 0.351. The summed E-state index contributed by atoms with van der Waals surface area (Å²) in [5.74, 6) is 1.23. The molecule has 1 N–H and O–H groups in total. The van der Waals surface area contributed by atoms with E-state index in [1.54, 1.807) is 0 Å². The van der Waals surface area contributed by atoms with E-state index in [0.717, 1.165) is 13.0 Å². The third-order valence-corrected chi connectivity index (χ3v) is 6.28. The summed E-state index contributed by atoms with van der Waals surface area (Å²) in [4.78, 5) is 0. The van der Waals surface area contributed by atoms with Gasteiger partial charge in [-0.2, -0.15) is 0 Å². The van der Waals surface area contributed by atoms with E-state index in [1.165, 1.54) is 17.5 Å². The minimum Gasteiger partial charge on any atom is -0.314 e. The van der Waals surface area contributed by atoms with Crippen molar-refractivity contribution >= 4 is 10.8 Å². The monoisotopic (exact) mass is 279 g/mol. The van der Waals surface area contributed by atoms with Crippen LogP contribution in [0.2, 0.25) is 0 Å². The summed E-state index contributed by atoms with van der Waals surface area (Å²) >= 11 is 0. The second-order valence-electron chi connectivity index (χ2n) is 5.59. The van der Waals surface area contributed by atoms with Crippen LogP contribution < -0.4 is 5.32 Å². The maximum absolute atomic E-state index is 12.6. The Morgan fingerprint density at radius 2 is 2.05 bits per heavy atom. The van der Waals surface area contributed by atoms with Gasteiger partial charge in [0.25, 0.3) is 0 Å². The average Bonchev–Trinajstić information content (AvgIpc) is 2.75. The van der Waals surface area contributed by atoms with Crippen molar-refractivity contribution in [1.82, 2.24) is 5.32 Å². The smallest absolute Gasteiger partial charge is 0.0491 e. The predicted octanol–water partition coefficient (Wildman–Crippen LogP) is 3.02. The lowest BCUT2D eigenvalue weighted by molar-refractivity contribution is 0.438. The zero-order chi connectivity index (χ0) is 13.8. The standard InChI is InChI=1S/C16H25NOS/c1-4-17-15-9-10-16(13(15)3)19(18)11-14-8-6-5-7-12(14)2/h5-8,13,15-17H,4,9-11H2,1-3H3. The van der Waals surface area contributed by atoms with Crippen molar-refractivity contribution < 1.29 is 4.21 Å². The molecule has 4 unspecified atom stereocenters. The van der Waals surface area contributed by atoms with Crippen LogP contribution in [0.3, 0.4) is 0 Å². The molecule has 1 fully saturated rings. The van der Waals surface area contributed by atoms with Crippen molar-refractivity contribution in [2.24, 2.45) is 5.92 Å². The van der Waals surface area contributed by atoms with Crippen molar-refractivity contribution in [2.75, 3.05) is 6.54 Å². The quantitative estimate of drug-likeness (QED) is 0.897. The summed E-state index contributed by atoms with van der Waals surface area (Å²) in [6.07, 6.45) is 2.26. The van der Waals surface area contributed by atoms with Gasteiger partial charge in [0.05, 0.1) is 0 Å². The zero-order valence-corrected chi connectivity index (χ0v) is 13.0. The first-order valence-corrected chi connectivity index (χ1v) is 8.66. The Hall–Kier alpha value is -0.670. The predicted molar refractivity (Wildman–Crippen MR) is 82.7 cm³/mol. The lowest BCUT2D eigenvalue weighted by atomic mass is 10.1. The fourth-order valence-corrected chi connectivity index (χ4v) is 4.99. The molecule has 19 heavy (non-hydrogen) atoms. The SMILES string of the molecule is CCNC1CCC(S(=O)Cc2ccccc2C)C1C. The molecule has 0 amide bonds. The Kier molecular flexibility index (Phi) is 5.17. The van der Waals surface area contributed by atoms with Gasteiger partial charge < -0.3 is 5.32 Å². The Bertz CT molecular complexity index is 446.